The second kappa shape index (κ2) is 56.5. The van der Waals surface area contributed by atoms with Gasteiger partial charge in [0, 0.05) is 0 Å². The first-order valence-corrected chi connectivity index (χ1v) is 5.68. The highest BCUT2D eigenvalue weighted by Crippen LogP contribution is 1.73. The number of hydrogen-bond donors (Lipinski definition) is 0. The maximum Gasteiger partial charge on any atom is -0.0379 e. The van der Waals surface area contributed by atoms with Crippen molar-refractivity contribution in [1.29, 1.82) is 0 Å². The standard InChI is InChI=1S/C5H10.C5H8.2C2H6/c2*1-3-5-4-2;2*1-2/h3,5H,4H2,1-2H3;3-5H,1H2,2H3;2*1-2H3/b5-3-;5-4-;;. The Labute approximate surface area is 92.4 Å². The van der Waals surface area contributed by atoms with Crippen LogP contribution in [0.3, 0.4) is 0 Å². The Morgan fingerprint density at radius 3 is 1.36 bits per heavy atom. The quantitative estimate of drug-likeness (QED) is 0.390. The van der Waals surface area contributed by atoms with Gasteiger partial charge in [-0.15, -0.1) is 0 Å². The molecule has 0 radical (unpaired) electrons. The molecule has 0 heterocycles. The molecule has 0 atom stereocenters. The van der Waals surface area contributed by atoms with Crippen LogP contribution in [0.15, 0.2) is 37.0 Å². The molecule has 0 fully saturated rings. The second-order valence-electron chi connectivity index (χ2n) is 1.74. The first kappa shape index (κ1) is 23.2. The van der Waals surface area contributed by atoms with Crippen molar-refractivity contribution in [3.8, 4) is 0 Å². The van der Waals surface area contributed by atoms with Crippen LogP contribution < -0.4 is 0 Å². The summed E-state index contributed by atoms with van der Waals surface area (Å²) in [6.45, 7) is 17.6. The fourth-order valence-electron chi connectivity index (χ4n) is 0.372. The molecular weight excluding hydrogens is 168 g/mol. The minimum Gasteiger partial charge on any atom is -0.0991 e. The van der Waals surface area contributed by atoms with Crippen LogP contribution in [0.5, 0.6) is 0 Å². The van der Waals surface area contributed by atoms with Gasteiger partial charge in [-0.3, -0.25) is 0 Å². The molecule has 0 saturated heterocycles. The molecule has 0 heteroatoms. The summed E-state index contributed by atoms with van der Waals surface area (Å²) in [5, 5.41) is 0. The van der Waals surface area contributed by atoms with Crippen molar-refractivity contribution < 1.29 is 0 Å². The van der Waals surface area contributed by atoms with Gasteiger partial charge in [0.2, 0.25) is 0 Å². The van der Waals surface area contributed by atoms with E-state index < -0.39 is 0 Å². The van der Waals surface area contributed by atoms with E-state index in [1.54, 1.807) is 6.08 Å². The van der Waals surface area contributed by atoms with E-state index in [2.05, 4.69) is 25.7 Å². The summed E-state index contributed by atoms with van der Waals surface area (Å²) in [7, 11) is 0. The smallest absolute Gasteiger partial charge is 0.0379 e. The predicted octanol–water partition coefficient (Wildman–Crippen LogP) is 5.77. The minimum absolute atomic E-state index is 1.16. The SMILES string of the molecule is C/C=C\CC.C=C/C=C\C.CC.CC. The molecule has 0 saturated carbocycles. The Bertz CT molecular complexity index is 96.6. The summed E-state index contributed by atoms with van der Waals surface area (Å²) in [4.78, 5) is 0. The van der Waals surface area contributed by atoms with Crippen LogP contribution >= 0.6 is 0 Å². The second-order valence-corrected chi connectivity index (χ2v) is 1.74. The van der Waals surface area contributed by atoms with Gasteiger partial charge in [-0.05, 0) is 20.3 Å². The first-order chi connectivity index (χ1) is 6.83. The number of allylic oxidation sites excluding steroid dienone is 5. The third-order valence-corrected chi connectivity index (χ3v) is 0.800. The van der Waals surface area contributed by atoms with Crippen molar-refractivity contribution >= 4 is 0 Å². The van der Waals surface area contributed by atoms with E-state index in [0.29, 0.717) is 0 Å². The number of rotatable bonds is 2. The Morgan fingerprint density at radius 2 is 1.36 bits per heavy atom. The van der Waals surface area contributed by atoms with Gasteiger partial charge in [0.1, 0.15) is 0 Å². The third kappa shape index (κ3) is 113. The highest BCUT2D eigenvalue weighted by Gasteiger charge is 1.52. The molecule has 0 aromatic heterocycles. The van der Waals surface area contributed by atoms with E-state index in [1.807, 2.05) is 53.7 Å². The summed E-state index contributed by atoms with van der Waals surface area (Å²) >= 11 is 0. The van der Waals surface area contributed by atoms with Gasteiger partial charge in [-0.2, -0.15) is 0 Å². The van der Waals surface area contributed by atoms with Gasteiger partial charge >= 0.3 is 0 Å². The van der Waals surface area contributed by atoms with Crippen LogP contribution in [-0.4, -0.2) is 0 Å². The molecule has 0 nitrogen and oxygen atoms in total. The molecule has 0 aromatic rings. The molecule has 0 aromatic carbocycles. The van der Waals surface area contributed by atoms with Crippen molar-refractivity contribution in [1.82, 2.24) is 0 Å². The molecule has 0 spiro atoms. The fraction of sp³-hybridized carbons (Fsp3) is 0.571. The Kier molecular flexibility index (Phi) is 93.6. The lowest BCUT2D eigenvalue weighted by Gasteiger charge is -1.65. The van der Waals surface area contributed by atoms with Crippen LogP contribution in [0.2, 0.25) is 0 Å². The predicted molar refractivity (Wildman–Crippen MR) is 72.8 cm³/mol. The van der Waals surface area contributed by atoms with E-state index >= 15 is 0 Å². The summed E-state index contributed by atoms with van der Waals surface area (Å²) in [6, 6.07) is 0. The number of hydrogen-bond acceptors (Lipinski definition) is 0. The maximum absolute atomic E-state index is 3.46. The topological polar surface area (TPSA) is 0 Å². The van der Waals surface area contributed by atoms with Gasteiger partial charge in [0.15, 0.2) is 0 Å². The van der Waals surface area contributed by atoms with Crippen LogP contribution in [0.4, 0.5) is 0 Å². The van der Waals surface area contributed by atoms with E-state index in [-0.39, 0.29) is 0 Å². The fourth-order valence-corrected chi connectivity index (χ4v) is 0.372. The van der Waals surface area contributed by atoms with Crippen LogP contribution in [-0.2, 0) is 0 Å². The summed E-state index contributed by atoms with van der Waals surface area (Å²) < 4.78 is 0. The normalized spacial score (nSPS) is 7.64. The Morgan fingerprint density at radius 1 is 0.929 bits per heavy atom. The van der Waals surface area contributed by atoms with Crippen LogP contribution in [0.1, 0.15) is 54.9 Å². The maximum atomic E-state index is 3.46. The van der Waals surface area contributed by atoms with Gasteiger partial charge in [-0.1, -0.05) is 71.6 Å². The van der Waals surface area contributed by atoms with Gasteiger partial charge in [0.25, 0.3) is 0 Å². The lowest BCUT2D eigenvalue weighted by Crippen LogP contribution is -1.43. The monoisotopic (exact) mass is 198 g/mol. The molecule has 0 aliphatic carbocycles. The largest absolute Gasteiger partial charge is 0.0991 e. The minimum atomic E-state index is 1.16. The molecule has 0 amide bonds. The molecule has 0 rings (SSSR count). The van der Waals surface area contributed by atoms with Gasteiger partial charge in [0.05, 0.1) is 0 Å². The van der Waals surface area contributed by atoms with Crippen molar-refractivity contribution in [2.45, 2.75) is 54.9 Å². The molecular formula is C14H30. The molecule has 14 heavy (non-hydrogen) atoms. The molecule has 0 bridgehead atoms. The average Bonchev–Trinajstić information content (AvgIpc) is 2.27. The molecule has 0 unspecified atom stereocenters. The summed E-state index contributed by atoms with van der Waals surface area (Å²) in [5.74, 6) is 0. The van der Waals surface area contributed by atoms with E-state index in [0.717, 1.165) is 6.42 Å². The molecule has 0 aliphatic rings. The molecule has 0 aliphatic heterocycles. The highest BCUT2D eigenvalue weighted by molar-refractivity contribution is 4.94. The van der Waals surface area contributed by atoms with Crippen LogP contribution in [0, 0.1) is 0 Å². The van der Waals surface area contributed by atoms with Crippen molar-refractivity contribution in [2.75, 3.05) is 0 Å². The molecule has 86 valence electrons. The zero-order valence-corrected chi connectivity index (χ0v) is 11.3. The highest BCUT2D eigenvalue weighted by atomic mass is 13.6. The van der Waals surface area contributed by atoms with Gasteiger partial charge in [-0.25, -0.2) is 0 Å². The lowest BCUT2D eigenvalue weighted by atomic mass is 10.4. The first-order valence-electron chi connectivity index (χ1n) is 5.68. The van der Waals surface area contributed by atoms with Crippen molar-refractivity contribution in [3.63, 3.8) is 0 Å². The van der Waals surface area contributed by atoms with Crippen molar-refractivity contribution in [3.05, 3.63) is 37.0 Å². The summed E-state index contributed by atoms with van der Waals surface area (Å²) in [6.07, 6.45) is 10.9. The molecule has 0 N–H and O–H groups in total. The lowest BCUT2D eigenvalue weighted by molar-refractivity contribution is 1.22. The zero-order valence-electron chi connectivity index (χ0n) is 11.3. The Hall–Kier alpha value is -0.780. The van der Waals surface area contributed by atoms with E-state index in [9.17, 15) is 0 Å². The van der Waals surface area contributed by atoms with Crippen LogP contribution in [0.25, 0.3) is 0 Å². The third-order valence-electron chi connectivity index (χ3n) is 0.800. The summed E-state index contributed by atoms with van der Waals surface area (Å²) in [5.41, 5.74) is 0. The average molecular weight is 198 g/mol. The van der Waals surface area contributed by atoms with Crippen molar-refractivity contribution in [2.24, 2.45) is 0 Å². The zero-order chi connectivity index (χ0) is 12.2. The van der Waals surface area contributed by atoms with Gasteiger partial charge < -0.3 is 0 Å². The Balaban J connectivity index is -0.0000000528. The van der Waals surface area contributed by atoms with E-state index in [1.165, 1.54) is 0 Å². The van der Waals surface area contributed by atoms with E-state index in [4.69, 9.17) is 0 Å².